The number of benzene rings is 2. The highest BCUT2D eigenvalue weighted by Crippen LogP contribution is 2.42. The number of hydrogen-bond acceptors (Lipinski definition) is 7. The van der Waals surface area contributed by atoms with Crippen LogP contribution in [-0.2, 0) is 16.1 Å². The van der Waals surface area contributed by atoms with Crippen molar-refractivity contribution in [2.75, 3.05) is 20.8 Å². The zero-order valence-corrected chi connectivity index (χ0v) is 20.4. The van der Waals surface area contributed by atoms with Gasteiger partial charge in [-0.15, -0.1) is 0 Å². The third kappa shape index (κ3) is 4.88. The van der Waals surface area contributed by atoms with Crippen LogP contribution in [0, 0.1) is 0 Å². The monoisotopic (exact) mass is 488 g/mol. The van der Waals surface area contributed by atoms with E-state index in [0.29, 0.717) is 35.0 Å². The SMILES string of the molecule is CCCOc1ccc(C(O)=C2C(=O)C(=O)N(Cc3cccnc3)[C@@H]2c2ccc(OC)c(OC)c2)cc1. The second-order valence-corrected chi connectivity index (χ2v) is 8.28. The van der Waals surface area contributed by atoms with E-state index in [0.717, 1.165) is 12.0 Å². The summed E-state index contributed by atoms with van der Waals surface area (Å²) >= 11 is 0. The first kappa shape index (κ1) is 24.8. The minimum absolute atomic E-state index is 0.00154. The number of Topliss-reactive ketones (excluding diaryl/α,β-unsaturated/α-hetero) is 1. The Morgan fingerprint density at radius 1 is 1.03 bits per heavy atom. The van der Waals surface area contributed by atoms with Gasteiger partial charge in [0.15, 0.2) is 11.5 Å². The number of likely N-dealkylation sites (tertiary alicyclic amines) is 1. The summed E-state index contributed by atoms with van der Waals surface area (Å²) in [6, 6.07) is 14.7. The minimum Gasteiger partial charge on any atom is -0.507 e. The number of carbonyl (C=O) groups excluding carboxylic acids is 2. The lowest BCUT2D eigenvalue weighted by Gasteiger charge is -2.26. The minimum atomic E-state index is -0.846. The molecule has 3 aromatic rings. The normalized spacial score (nSPS) is 16.8. The number of amides is 1. The number of aliphatic hydroxyl groups excluding tert-OH is 1. The molecule has 0 bridgehead atoms. The lowest BCUT2D eigenvalue weighted by molar-refractivity contribution is -0.140. The van der Waals surface area contributed by atoms with Crippen molar-refractivity contribution < 1.29 is 28.9 Å². The molecule has 1 N–H and O–H groups in total. The highest BCUT2D eigenvalue weighted by Gasteiger charge is 2.46. The summed E-state index contributed by atoms with van der Waals surface area (Å²) in [7, 11) is 3.04. The largest absolute Gasteiger partial charge is 0.507 e. The molecule has 1 aromatic heterocycles. The summed E-state index contributed by atoms with van der Waals surface area (Å²) in [5.41, 5.74) is 1.75. The smallest absolute Gasteiger partial charge is 0.295 e. The number of methoxy groups -OCH3 is 2. The van der Waals surface area contributed by atoms with Crippen molar-refractivity contribution >= 4 is 17.4 Å². The fraction of sp³-hybridized carbons (Fsp3) is 0.250. The van der Waals surface area contributed by atoms with Crippen LogP contribution in [0.15, 0.2) is 72.6 Å². The molecule has 0 spiro atoms. The Labute approximate surface area is 209 Å². The van der Waals surface area contributed by atoms with Gasteiger partial charge in [0.1, 0.15) is 11.5 Å². The van der Waals surface area contributed by atoms with E-state index >= 15 is 0 Å². The average molecular weight is 489 g/mol. The summed E-state index contributed by atoms with van der Waals surface area (Å²) in [4.78, 5) is 32.1. The highest BCUT2D eigenvalue weighted by molar-refractivity contribution is 6.46. The molecule has 0 radical (unpaired) electrons. The Bertz CT molecular complexity index is 1270. The van der Waals surface area contributed by atoms with Gasteiger partial charge in [-0.3, -0.25) is 14.6 Å². The molecule has 8 heteroatoms. The zero-order valence-electron chi connectivity index (χ0n) is 20.4. The first-order valence-corrected chi connectivity index (χ1v) is 11.6. The van der Waals surface area contributed by atoms with Gasteiger partial charge in [-0.1, -0.05) is 19.1 Å². The Hall–Kier alpha value is -4.33. The van der Waals surface area contributed by atoms with E-state index in [9.17, 15) is 14.7 Å². The van der Waals surface area contributed by atoms with Gasteiger partial charge in [-0.25, -0.2) is 0 Å². The molecule has 1 atom stereocenters. The fourth-order valence-corrected chi connectivity index (χ4v) is 4.19. The van der Waals surface area contributed by atoms with Crippen molar-refractivity contribution in [1.82, 2.24) is 9.88 Å². The van der Waals surface area contributed by atoms with Gasteiger partial charge in [0.2, 0.25) is 0 Å². The van der Waals surface area contributed by atoms with E-state index in [-0.39, 0.29) is 17.9 Å². The van der Waals surface area contributed by atoms with Crippen molar-refractivity contribution in [3.63, 3.8) is 0 Å². The predicted octanol–water partition coefficient (Wildman–Crippen LogP) is 4.51. The third-order valence-corrected chi connectivity index (χ3v) is 5.94. The maximum Gasteiger partial charge on any atom is 0.295 e. The van der Waals surface area contributed by atoms with E-state index in [1.165, 1.54) is 19.1 Å². The number of carbonyl (C=O) groups is 2. The van der Waals surface area contributed by atoms with Crippen LogP contribution in [0.25, 0.3) is 5.76 Å². The molecule has 4 rings (SSSR count). The lowest BCUT2D eigenvalue weighted by atomic mass is 9.94. The molecule has 186 valence electrons. The quantitative estimate of drug-likeness (QED) is 0.269. The molecule has 2 heterocycles. The van der Waals surface area contributed by atoms with Crippen LogP contribution in [0.4, 0.5) is 0 Å². The van der Waals surface area contributed by atoms with Gasteiger partial charge in [-0.2, -0.15) is 0 Å². The van der Waals surface area contributed by atoms with Gasteiger partial charge in [0, 0.05) is 24.5 Å². The Kier molecular flexibility index (Phi) is 7.53. The van der Waals surface area contributed by atoms with E-state index in [4.69, 9.17) is 14.2 Å². The molecule has 1 aliphatic rings. The zero-order chi connectivity index (χ0) is 25.7. The maximum atomic E-state index is 13.3. The van der Waals surface area contributed by atoms with Crippen LogP contribution in [-0.4, -0.2) is 47.5 Å². The number of nitrogens with zero attached hydrogens (tertiary/aromatic N) is 2. The number of ether oxygens (including phenoxy) is 3. The summed E-state index contributed by atoms with van der Waals surface area (Å²) < 4.78 is 16.4. The Morgan fingerprint density at radius 2 is 1.78 bits per heavy atom. The molecule has 36 heavy (non-hydrogen) atoms. The van der Waals surface area contributed by atoms with E-state index in [1.807, 2.05) is 13.0 Å². The predicted molar refractivity (Wildman–Crippen MR) is 134 cm³/mol. The maximum absolute atomic E-state index is 13.3. The molecule has 0 saturated carbocycles. The summed E-state index contributed by atoms with van der Waals surface area (Å²) in [5.74, 6) is -0.121. The summed E-state index contributed by atoms with van der Waals surface area (Å²) in [5, 5.41) is 11.3. The van der Waals surface area contributed by atoms with Crippen molar-refractivity contribution in [1.29, 1.82) is 0 Å². The van der Waals surface area contributed by atoms with Crippen LogP contribution in [0.2, 0.25) is 0 Å². The van der Waals surface area contributed by atoms with Gasteiger partial charge < -0.3 is 24.2 Å². The van der Waals surface area contributed by atoms with Gasteiger partial charge in [0.25, 0.3) is 11.7 Å². The molecular formula is C28H28N2O6. The third-order valence-electron chi connectivity index (χ3n) is 5.94. The Morgan fingerprint density at radius 3 is 2.42 bits per heavy atom. The van der Waals surface area contributed by atoms with Gasteiger partial charge >= 0.3 is 0 Å². The topological polar surface area (TPSA) is 98.2 Å². The molecule has 0 aliphatic carbocycles. The number of pyridine rings is 1. The first-order chi connectivity index (χ1) is 17.5. The first-order valence-electron chi connectivity index (χ1n) is 11.6. The standard InChI is InChI=1S/C28H28N2O6/c1-4-14-36-21-10-7-19(8-11-21)26(31)24-25(20-9-12-22(34-2)23(15-20)35-3)30(28(33)27(24)32)17-18-6-5-13-29-16-18/h5-13,15-16,25,31H,4,14,17H2,1-3H3/t25-/m1/s1. The molecule has 1 fully saturated rings. The van der Waals surface area contributed by atoms with Crippen molar-refractivity contribution in [2.24, 2.45) is 0 Å². The van der Waals surface area contributed by atoms with Gasteiger partial charge in [0.05, 0.1) is 32.4 Å². The molecule has 8 nitrogen and oxygen atoms in total. The van der Waals surface area contributed by atoms with Crippen LogP contribution in [0.3, 0.4) is 0 Å². The number of rotatable bonds is 9. The molecule has 0 unspecified atom stereocenters. The van der Waals surface area contributed by atoms with E-state index < -0.39 is 17.7 Å². The second-order valence-electron chi connectivity index (χ2n) is 8.28. The van der Waals surface area contributed by atoms with Crippen LogP contribution in [0.1, 0.15) is 36.1 Å². The fourth-order valence-electron chi connectivity index (χ4n) is 4.19. The molecule has 2 aromatic carbocycles. The second kappa shape index (κ2) is 10.9. The van der Waals surface area contributed by atoms with Crippen LogP contribution >= 0.6 is 0 Å². The molecule has 1 saturated heterocycles. The highest BCUT2D eigenvalue weighted by atomic mass is 16.5. The average Bonchev–Trinajstić information content (AvgIpc) is 3.16. The van der Waals surface area contributed by atoms with E-state index in [1.54, 1.807) is 60.9 Å². The Balaban J connectivity index is 1.82. The summed E-state index contributed by atoms with van der Waals surface area (Å²) in [6.07, 6.45) is 4.14. The van der Waals surface area contributed by atoms with Crippen molar-refractivity contribution in [3.8, 4) is 17.2 Å². The number of hydrogen-bond donors (Lipinski definition) is 1. The van der Waals surface area contributed by atoms with Gasteiger partial charge in [-0.05, 0) is 60.0 Å². The molecule has 1 aliphatic heterocycles. The van der Waals surface area contributed by atoms with E-state index in [2.05, 4.69) is 4.98 Å². The number of ketones is 1. The van der Waals surface area contributed by atoms with Crippen molar-refractivity contribution in [3.05, 3.63) is 89.3 Å². The number of aliphatic hydroxyl groups is 1. The number of aromatic nitrogens is 1. The molecular weight excluding hydrogens is 460 g/mol. The van der Waals surface area contributed by atoms with Crippen LogP contribution in [0.5, 0.6) is 17.2 Å². The van der Waals surface area contributed by atoms with Crippen LogP contribution < -0.4 is 14.2 Å². The molecule has 1 amide bonds. The lowest BCUT2D eigenvalue weighted by Crippen LogP contribution is -2.29. The summed E-state index contributed by atoms with van der Waals surface area (Å²) in [6.45, 7) is 2.72. The van der Waals surface area contributed by atoms with Crippen molar-refractivity contribution in [2.45, 2.75) is 25.9 Å².